The Bertz CT molecular complexity index is 637. The molecule has 1 aliphatic rings. The highest BCUT2D eigenvalue weighted by Gasteiger charge is 2.38. The average Bonchev–Trinajstić information content (AvgIpc) is 3.02. The molecule has 0 spiro atoms. The number of urea groups is 1. The van der Waals surface area contributed by atoms with Crippen LogP contribution in [0.5, 0.6) is 5.75 Å². The van der Waals surface area contributed by atoms with Crippen molar-refractivity contribution in [2.45, 2.75) is 12.5 Å². The monoisotopic (exact) mass is 288 g/mol. The quantitative estimate of drug-likeness (QED) is 0.850. The van der Waals surface area contributed by atoms with Crippen molar-refractivity contribution in [3.8, 4) is 5.75 Å². The van der Waals surface area contributed by atoms with Crippen LogP contribution in [0.15, 0.2) is 41.1 Å². The molecule has 2 N–H and O–H groups in total. The molecule has 3 rings (SSSR count). The van der Waals surface area contributed by atoms with Gasteiger partial charge in [-0.25, -0.2) is 9.69 Å². The minimum atomic E-state index is -0.563. The van der Waals surface area contributed by atoms with Crippen molar-refractivity contribution in [2.75, 3.05) is 4.90 Å². The number of phenolic OH excluding ortho intramolecular Hbond substituents is 1. The molecular formula is C14H12N2O3S. The summed E-state index contributed by atoms with van der Waals surface area (Å²) in [4.78, 5) is 25.3. The Morgan fingerprint density at radius 1 is 1.20 bits per heavy atom. The van der Waals surface area contributed by atoms with Crippen LogP contribution in [0, 0.1) is 0 Å². The smallest absolute Gasteiger partial charge is 0.329 e. The molecule has 3 amide bonds. The van der Waals surface area contributed by atoms with Gasteiger partial charge in [-0.05, 0) is 29.1 Å². The van der Waals surface area contributed by atoms with Crippen molar-refractivity contribution in [1.29, 1.82) is 0 Å². The van der Waals surface area contributed by atoms with Crippen molar-refractivity contribution < 1.29 is 14.7 Å². The number of amides is 3. The first-order valence-electron chi connectivity index (χ1n) is 6.10. The van der Waals surface area contributed by atoms with E-state index < -0.39 is 12.1 Å². The first-order chi connectivity index (χ1) is 9.65. The molecule has 0 radical (unpaired) electrons. The van der Waals surface area contributed by atoms with E-state index in [-0.39, 0.29) is 11.7 Å². The molecule has 1 aromatic heterocycles. The zero-order valence-electron chi connectivity index (χ0n) is 10.4. The predicted molar refractivity (Wildman–Crippen MR) is 75.9 cm³/mol. The molecule has 1 atom stereocenters. The number of hydrogen-bond donors (Lipinski definition) is 2. The lowest BCUT2D eigenvalue weighted by atomic mass is 10.1. The summed E-state index contributed by atoms with van der Waals surface area (Å²) in [5.74, 6) is -0.0723. The maximum absolute atomic E-state index is 12.3. The van der Waals surface area contributed by atoms with Gasteiger partial charge in [0, 0.05) is 11.8 Å². The van der Waals surface area contributed by atoms with Crippen LogP contribution in [-0.2, 0) is 11.2 Å². The van der Waals surface area contributed by atoms with E-state index >= 15 is 0 Å². The van der Waals surface area contributed by atoms with Gasteiger partial charge in [0.05, 0.1) is 5.69 Å². The molecule has 1 fully saturated rings. The topological polar surface area (TPSA) is 69.6 Å². The Kier molecular flexibility index (Phi) is 3.15. The van der Waals surface area contributed by atoms with E-state index in [9.17, 15) is 14.7 Å². The second kappa shape index (κ2) is 4.97. The third-order valence-electron chi connectivity index (χ3n) is 3.16. The molecule has 2 heterocycles. The fraction of sp³-hybridized carbons (Fsp3) is 0.143. The number of carbonyl (C=O) groups excluding carboxylic acids is 2. The number of hydrogen-bond acceptors (Lipinski definition) is 4. The van der Waals surface area contributed by atoms with Crippen molar-refractivity contribution in [2.24, 2.45) is 0 Å². The molecule has 1 aliphatic heterocycles. The van der Waals surface area contributed by atoms with Crippen LogP contribution in [0.1, 0.15) is 5.56 Å². The van der Waals surface area contributed by atoms with Gasteiger partial charge in [0.1, 0.15) is 11.8 Å². The zero-order valence-corrected chi connectivity index (χ0v) is 11.3. The van der Waals surface area contributed by atoms with Crippen LogP contribution in [-0.4, -0.2) is 23.1 Å². The van der Waals surface area contributed by atoms with Crippen LogP contribution in [0.25, 0.3) is 0 Å². The molecule has 0 unspecified atom stereocenters. The number of nitrogens with one attached hydrogen (secondary N) is 1. The SMILES string of the molecule is O=C1N[C@@H](Cc2ccc(O)cc2)C(=O)N1c1ccsc1. The van der Waals surface area contributed by atoms with E-state index in [1.54, 1.807) is 35.7 Å². The molecule has 20 heavy (non-hydrogen) atoms. The molecule has 6 heteroatoms. The number of nitrogens with zero attached hydrogens (tertiary/aromatic N) is 1. The Morgan fingerprint density at radius 2 is 1.95 bits per heavy atom. The highest BCUT2D eigenvalue weighted by molar-refractivity contribution is 7.08. The highest BCUT2D eigenvalue weighted by atomic mass is 32.1. The van der Waals surface area contributed by atoms with E-state index in [0.29, 0.717) is 12.1 Å². The van der Waals surface area contributed by atoms with Crippen LogP contribution in [0.2, 0.25) is 0 Å². The largest absolute Gasteiger partial charge is 0.508 e. The maximum atomic E-state index is 12.3. The molecule has 102 valence electrons. The van der Waals surface area contributed by atoms with E-state index in [2.05, 4.69) is 5.32 Å². The highest BCUT2D eigenvalue weighted by Crippen LogP contribution is 2.23. The van der Waals surface area contributed by atoms with Crippen LogP contribution in [0.3, 0.4) is 0 Å². The number of benzene rings is 1. The summed E-state index contributed by atoms with van der Waals surface area (Å²) in [5, 5.41) is 15.5. The van der Waals surface area contributed by atoms with Crippen molar-refractivity contribution in [1.82, 2.24) is 5.32 Å². The fourth-order valence-electron chi connectivity index (χ4n) is 2.17. The Morgan fingerprint density at radius 3 is 2.60 bits per heavy atom. The van der Waals surface area contributed by atoms with E-state index in [1.807, 2.05) is 5.38 Å². The number of imide groups is 1. The van der Waals surface area contributed by atoms with Gasteiger partial charge in [-0.15, -0.1) is 0 Å². The molecule has 0 saturated carbocycles. The number of anilines is 1. The van der Waals surface area contributed by atoms with Crippen molar-refractivity contribution in [3.05, 3.63) is 46.7 Å². The minimum absolute atomic E-state index is 0.176. The first kappa shape index (κ1) is 12.7. The fourth-order valence-corrected chi connectivity index (χ4v) is 2.79. The van der Waals surface area contributed by atoms with E-state index in [0.717, 1.165) is 5.56 Å². The Labute approximate surface area is 119 Å². The average molecular weight is 288 g/mol. The van der Waals surface area contributed by atoms with Crippen LogP contribution >= 0.6 is 11.3 Å². The van der Waals surface area contributed by atoms with Gasteiger partial charge in [0.25, 0.3) is 5.91 Å². The summed E-state index contributed by atoms with van der Waals surface area (Å²) < 4.78 is 0. The summed E-state index contributed by atoms with van der Waals surface area (Å²) in [6, 6.07) is 7.39. The Balaban J connectivity index is 1.78. The van der Waals surface area contributed by atoms with E-state index in [1.165, 1.54) is 16.2 Å². The van der Waals surface area contributed by atoms with Gasteiger partial charge in [-0.1, -0.05) is 12.1 Å². The molecule has 0 bridgehead atoms. The minimum Gasteiger partial charge on any atom is -0.508 e. The second-order valence-corrected chi connectivity index (χ2v) is 5.31. The standard InChI is InChI=1S/C14H12N2O3S/c17-11-3-1-9(2-4-11)7-12-13(18)16(14(19)15-12)10-5-6-20-8-10/h1-6,8,12,17H,7H2,(H,15,19)/t12-/m0/s1. The molecular weight excluding hydrogens is 276 g/mol. The molecule has 1 aromatic carbocycles. The predicted octanol–water partition coefficient (Wildman–Crippen LogP) is 2.12. The van der Waals surface area contributed by atoms with Gasteiger partial charge in [-0.2, -0.15) is 11.3 Å². The van der Waals surface area contributed by atoms with Gasteiger partial charge >= 0.3 is 6.03 Å². The van der Waals surface area contributed by atoms with Crippen molar-refractivity contribution in [3.63, 3.8) is 0 Å². The number of thiophene rings is 1. The second-order valence-electron chi connectivity index (χ2n) is 4.53. The van der Waals surface area contributed by atoms with Gasteiger partial charge in [0.2, 0.25) is 0 Å². The van der Waals surface area contributed by atoms with Crippen molar-refractivity contribution >= 4 is 29.0 Å². The lowest BCUT2D eigenvalue weighted by Crippen LogP contribution is -2.32. The first-order valence-corrected chi connectivity index (χ1v) is 7.04. The zero-order chi connectivity index (χ0) is 14.1. The Hall–Kier alpha value is -2.34. The van der Waals surface area contributed by atoms with Gasteiger partial charge in [0.15, 0.2) is 0 Å². The molecule has 1 saturated heterocycles. The van der Waals surface area contributed by atoms with Crippen LogP contribution in [0.4, 0.5) is 10.5 Å². The number of aromatic hydroxyl groups is 1. The molecule has 2 aromatic rings. The van der Waals surface area contributed by atoms with Crippen LogP contribution < -0.4 is 10.2 Å². The third kappa shape index (κ3) is 2.25. The summed E-state index contributed by atoms with van der Waals surface area (Å²) in [5.41, 5.74) is 1.49. The summed E-state index contributed by atoms with van der Waals surface area (Å²) in [7, 11) is 0. The molecule has 5 nitrogen and oxygen atoms in total. The normalized spacial score (nSPS) is 18.4. The summed E-state index contributed by atoms with van der Waals surface area (Å²) in [6.45, 7) is 0. The lowest BCUT2D eigenvalue weighted by molar-refractivity contribution is -0.118. The van der Waals surface area contributed by atoms with Gasteiger partial charge < -0.3 is 10.4 Å². The third-order valence-corrected chi connectivity index (χ3v) is 3.83. The van der Waals surface area contributed by atoms with E-state index in [4.69, 9.17) is 0 Å². The maximum Gasteiger partial charge on any atom is 0.329 e. The summed E-state index contributed by atoms with van der Waals surface area (Å²) >= 11 is 1.44. The number of phenols is 1. The number of rotatable bonds is 3. The lowest BCUT2D eigenvalue weighted by Gasteiger charge is -2.10. The van der Waals surface area contributed by atoms with Gasteiger partial charge in [-0.3, -0.25) is 4.79 Å². The summed E-state index contributed by atoms with van der Waals surface area (Å²) in [6.07, 6.45) is 0.408. The molecule has 0 aliphatic carbocycles. The number of carbonyl (C=O) groups is 2.